The van der Waals surface area contributed by atoms with Crippen molar-refractivity contribution in [1.29, 1.82) is 0 Å². The first-order valence-electron chi connectivity index (χ1n) is 18.5. The molecule has 0 radical (unpaired) electrons. The normalized spacial score (nSPS) is 13.1. The van der Waals surface area contributed by atoms with Crippen molar-refractivity contribution in [3.8, 4) is 0 Å². The second-order valence-corrected chi connectivity index (χ2v) is 14.8. The van der Waals surface area contributed by atoms with Gasteiger partial charge in [-0.2, -0.15) is 0 Å². The molecule has 0 N–H and O–H groups in total. The van der Waals surface area contributed by atoms with Crippen molar-refractivity contribution >= 4 is 19.7 Å². The van der Waals surface area contributed by atoms with Crippen LogP contribution in [0.15, 0.2) is 0 Å². The van der Waals surface area contributed by atoms with Gasteiger partial charge in [0.2, 0.25) is 0 Å². The van der Waals surface area contributed by atoms with E-state index in [0.717, 1.165) is 36.7 Å². The molecular weight excluding hydrogens is 537 g/mol. The molecule has 1 atom stereocenters. The minimum Gasteiger partial charge on any atom is -0.825 e. The highest BCUT2D eigenvalue weighted by Gasteiger charge is 2.17. The third kappa shape index (κ3) is 29.8. The molecule has 0 aromatic carbocycles. The summed E-state index contributed by atoms with van der Waals surface area (Å²) in [6.45, 7) is 5.95. The molecule has 0 rings (SSSR count). The van der Waals surface area contributed by atoms with Gasteiger partial charge in [-0.05, 0) is 12.8 Å². The highest BCUT2D eigenvalue weighted by molar-refractivity contribution is 7.34. The second kappa shape index (κ2) is 30.7. The minimum atomic E-state index is -0.462. The van der Waals surface area contributed by atoms with Crippen LogP contribution < -0.4 is 5.11 Å². The first-order valence-corrected chi connectivity index (χ1v) is 19.3. The van der Waals surface area contributed by atoms with Gasteiger partial charge in [-0.25, -0.2) is 0 Å². The van der Waals surface area contributed by atoms with Crippen LogP contribution in [-0.2, 0) is 9.32 Å². The average Bonchev–Trinajstić information content (AvgIpc) is 2.95. The van der Waals surface area contributed by atoms with E-state index in [2.05, 4.69) is 35.0 Å². The Kier molecular flexibility index (Phi) is 30.5. The lowest BCUT2D eigenvalue weighted by atomic mass is 9.93. The summed E-state index contributed by atoms with van der Waals surface area (Å²) in [6, 6.07) is 0. The van der Waals surface area contributed by atoms with Crippen LogP contribution in [0.3, 0.4) is 0 Å². The smallest absolute Gasteiger partial charge is 0.139 e. The molecule has 42 heavy (non-hydrogen) atoms. The topological polar surface area (TPSA) is 49.4 Å². The Morgan fingerprint density at radius 2 is 0.952 bits per heavy atom. The standard InChI is InChI=1S/C37H74NO3P/c1-6-8-10-12-14-16-18-19-20-21-22-24-26-28-30-32-36(39)35(37(40)42-41-34-33-38(3,4)5)31-29-27-25-23-17-15-13-11-9-7-2/h35H,6-34H2,1-5H3. The van der Waals surface area contributed by atoms with Gasteiger partial charge in [0.15, 0.2) is 0 Å². The fraction of sp³-hybridized carbons (Fsp3) is 0.946. The molecule has 0 saturated heterocycles. The summed E-state index contributed by atoms with van der Waals surface area (Å²) in [5.41, 5.74) is -0.0155. The van der Waals surface area contributed by atoms with Crippen LogP contribution in [0.1, 0.15) is 187 Å². The van der Waals surface area contributed by atoms with Gasteiger partial charge in [-0.3, -0.25) is 4.79 Å². The van der Waals surface area contributed by atoms with Crippen LogP contribution in [0, 0.1) is 5.92 Å². The Balaban J connectivity index is 4.19. The van der Waals surface area contributed by atoms with Gasteiger partial charge in [0.05, 0.1) is 21.1 Å². The third-order valence-electron chi connectivity index (χ3n) is 8.57. The maximum Gasteiger partial charge on any atom is 0.139 e. The van der Waals surface area contributed by atoms with Crippen LogP contribution in [0.4, 0.5) is 0 Å². The minimum absolute atomic E-state index is 0.0155. The molecule has 0 aliphatic heterocycles. The van der Waals surface area contributed by atoms with Crippen LogP contribution in [-0.4, -0.2) is 50.0 Å². The summed E-state index contributed by atoms with van der Waals surface area (Å²) in [7, 11) is 6.74. The number of rotatable bonds is 33. The molecule has 1 unspecified atom stereocenters. The lowest BCUT2D eigenvalue weighted by molar-refractivity contribution is -0.870. The summed E-state index contributed by atoms with van der Waals surface area (Å²) in [5, 5.41) is 13.0. The Hall–Kier alpha value is -0.280. The number of carbonyl (C=O) groups excluding carboxylic acids is 1. The Bertz CT molecular complexity index is 617. The largest absolute Gasteiger partial charge is 0.825 e. The van der Waals surface area contributed by atoms with E-state index in [1.165, 1.54) is 135 Å². The quantitative estimate of drug-likeness (QED) is 0.0421. The number of ketones is 1. The molecule has 0 heterocycles. The summed E-state index contributed by atoms with van der Waals surface area (Å²) < 4.78 is 6.50. The molecule has 0 saturated carbocycles. The maximum absolute atomic E-state index is 13.1. The van der Waals surface area contributed by atoms with E-state index in [4.69, 9.17) is 4.52 Å². The molecule has 0 amide bonds. The summed E-state index contributed by atoms with van der Waals surface area (Å²) in [6.07, 6.45) is 33.8. The Morgan fingerprint density at radius 1 is 0.595 bits per heavy atom. The first kappa shape index (κ1) is 41.7. The molecule has 0 aliphatic rings. The number of nitrogens with zero attached hydrogens (tertiary/aromatic N) is 1. The van der Waals surface area contributed by atoms with Gasteiger partial charge < -0.3 is 14.1 Å². The molecule has 0 aliphatic carbocycles. The molecule has 4 nitrogen and oxygen atoms in total. The predicted octanol–water partition coefficient (Wildman–Crippen LogP) is 10.8. The highest BCUT2D eigenvalue weighted by atomic mass is 31.1. The molecule has 0 fully saturated rings. The van der Waals surface area contributed by atoms with Crippen molar-refractivity contribution in [3.05, 3.63) is 0 Å². The van der Waals surface area contributed by atoms with Crippen molar-refractivity contribution < 1.29 is 18.9 Å². The fourth-order valence-corrected chi connectivity index (χ4v) is 6.29. The maximum atomic E-state index is 13.1. The fourth-order valence-electron chi connectivity index (χ4n) is 5.59. The van der Waals surface area contributed by atoms with Crippen LogP contribution >= 0.6 is 8.43 Å². The monoisotopic (exact) mass is 612 g/mol. The zero-order valence-electron chi connectivity index (χ0n) is 29.2. The van der Waals surface area contributed by atoms with Crippen molar-refractivity contribution in [2.75, 3.05) is 34.3 Å². The number of likely N-dealkylation sites (N-methyl/N-ethyl adjacent to an activating group) is 1. The van der Waals surface area contributed by atoms with Gasteiger partial charge in [-0.1, -0.05) is 168 Å². The van der Waals surface area contributed by atoms with Gasteiger partial charge in [0, 0.05) is 20.8 Å². The van der Waals surface area contributed by atoms with Crippen molar-refractivity contribution in [1.82, 2.24) is 0 Å². The van der Waals surface area contributed by atoms with E-state index in [0.29, 0.717) is 27.9 Å². The summed E-state index contributed by atoms with van der Waals surface area (Å²) in [5.74, 6) is -0.301. The molecule has 250 valence electrons. The predicted molar refractivity (Wildman–Crippen MR) is 185 cm³/mol. The number of hydrogen-bond donors (Lipinski definition) is 0. The number of carbonyl (C=O) groups is 1. The van der Waals surface area contributed by atoms with Gasteiger partial charge in [0.25, 0.3) is 0 Å². The van der Waals surface area contributed by atoms with E-state index >= 15 is 0 Å². The van der Waals surface area contributed by atoms with Crippen LogP contribution in [0.2, 0.25) is 0 Å². The molecular formula is C37H74NO3P. The lowest BCUT2D eigenvalue weighted by Gasteiger charge is -2.25. The summed E-state index contributed by atoms with van der Waals surface area (Å²) in [4.78, 5) is 13.1. The summed E-state index contributed by atoms with van der Waals surface area (Å²) >= 11 is 0. The van der Waals surface area contributed by atoms with Crippen LogP contribution in [0.25, 0.3) is 0 Å². The number of hydrogen-bond acceptors (Lipinski definition) is 3. The van der Waals surface area contributed by atoms with Crippen molar-refractivity contribution in [2.24, 2.45) is 5.92 Å². The number of quaternary nitrogens is 1. The Morgan fingerprint density at radius 3 is 1.33 bits per heavy atom. The average molecular weight is 612 g/mol. The Labute approximate surface area is 265 Å². The molecule has 0 aromatic heterocycles. The van der Waals surface area contributed by atoms with E-state index in [1.807, 2.05) is 0 Å². The third-order valence-corrected chi connectivity index (χ3v) is 9.37. The highest BCUT2D eigenvalue weighted by Crippen LogP contribution is 2.21. The lowest BCUT2D eigenvalue weighted by Crippen LogP contribution is -2.37. The van der Waals surface area contributed by atoms with E-state index < -0.39 is 5.92 Å². The zero-order chi connectivity index (χ0) is 31.2. The number of unbranched alkanes of at least 4 members (excludes halogenated alkanes) is 23. The van der Waals surface area contributed by atoms with E-state index in [9.17, 15) is 9.90 Å². The first-order chi connectivity index (χ1) is 20.3. The van der Waals surface area contributed by atoms with Crippen LogP contribution in [0.5, 0.6) is 0 Å². The molecule has 0 spiro atoms. The van der Waals surface area contributed by atoms with Gasteiger partial charge >= 0.3 is 0 Å². The van der Waals surface area contributed by atoms with E-state index in [1.54, 1.807) is 0 Å². The number of Topliss-reactive ketones (excluding diaryl/α,β-unsaturated/α-hetero) is 1. The van der Waals surface area contributed by atoms with Crippen molar-refractivity contribution in [3.63, 3.8) is 0 Å². The molecule has 0 bridgehead atoms. The molecule has 0 aromatic rings. The SMILES string of the molecule is CCCCCCCCCCCCCCCCCC(=O)C(CCCCCCCCCCCC)C([O-])=POCC[N+](C)(C)C. The van der Waals surface area contributed by atoms with Gasteiger partial charge in [-0.15, -0.1) is 5.48 Å². The second-order valence-electron chi connectivity index (χ2n) is 14.0. The molecule has 5 heteroatoms. The van der Waals surface area contributed by atoms with E-state index in [-0.39, 0.29) is 11.3 Å². The van der Waals surface area contributed by atoms with Gasteiger partial charge in [0.1, 0.15) is 18.9 Å². The zero-order valence-corrected chi connectivity index (χ0v) is 30.1. The van der Waals surface area contributed by atoms with Crippen molar-refractivity contribution in [2.45, 2.75) is 187 Å².